The third-order valence-corrected chi connectivity index (χ3v) is 4.40. The van der Waals surface area contributed by atoms with E-state index >= 15 is 0 Å². The summed E-state index contributed by atoms with van der Waals surface area (Å²) in [5, 5.41) is 4.87. The fraction of sp³-hybridized carbons (Fsp3) is 0. The Labute approximate surface area is 125 Å². The summed E-state index contributed by atoms with van der Waals surface area (Å²) in [6.45, 7) is 0. The van der Waals surface area contributed by atoms with E-state index in [1.807, 2.05) is 11.3 Å². The molecule has 0 radical (unpaired) electrons. The Kier molecular flexibility index (Phi) is 5.00. The van der Waals surface area contributed by atoms with Crippen LogP contribution >= 0.6 is 22.7 Å². The van der Waals surface area contributed by atoms with E-state index in [0.717, 1.165) is 0 Å². The van der Waals surface area contributed by atoms with Gasteiger partial charge in [-0.05, 0) is 10.8 Å². The molecule has 3 aromatic rings. The highest BCUT2D eigenvalue weighted by Crippen LogP contribution is 2.32. The van der Waals surface area contributed by atoms with Crippen molar-refractivity contribution in [2.75, 3.05) is 0 Å². The number of halogens is 1. The van der Waals surface area contributed by atoms with Crippen molar-refractivity contribution in [3.05, 3.63) is 52.5 Å². The van der Waals surface area contributed by atoms with E-state index < -0.39 is 10.2 Å². The molecule has 0 N–H and O–H groups in total. The average Bonchev–Trinajstić information content (AvgIpc) is 2.90. The fourth-order valence-corrected chi connectivity index (χ4v) is 3.57. The van der Waals surface area contributed by atoms with Gasteiger partial charge in [0.15, 0.2) is 4.88 Å². The molecule has 104 valence electrons. The summed E-state index contributed by atoms with van der Waals surface area (Å²) in [5.41, 5.74) is 1.35. The highest BCUT2D eigenvalue weighted by atomic mass is 35.7. The van der Waals surface area contributed by atoms with Crippen LogP contribution in [0.2, 0.25) is 0 Å². The number of hydrogen-bond donors (Lipinski definition) is 0. The molecule has 20 heavy (non-hydrogen) atoms. The van der Waals surface area contributed by atoms with E-state index in [4.69, 9.17) is 18.6 Å². The summed E-state index contributed by atoms with van der Waals surface area (Å²) < 4.78 is 36.1. The molecule has 3 rings (SSSR count). The first-order chi connectivity index (χ1) is 9.45. The van der Waals surface area contributed by atoms with E-state index in [-0.39, 0.29) is 0 Å². The maximum Gasteiger partial charge on any atom is 0.243 e. The minimum Gasteiger partial charge on any atom is -0.222 e. The third-order valence-electron chi connectivity index (χ3n) is 2.46. The zero-order valence-electron chi connectivity index (χ0n) is 10.0. The van der Waals surface area contributed by atoms with Crippen molar-refractivity contribution in [1.82, 2.24) is 0 Å². The van der Waals surface area contributed by atoms with Gasteiger partial charge in [-0.3, -0.25) is 0 Å². The van der Waals surface area contributed by atoms with Crippen LogP contribution in [0.25, 0.3) is 21.2 Å². The van der Waals surface area contributed by atoms with E-state index in [0.29, 0.717) is 0 Å². The monoisotopic (exact) mass is 328 g/mol. The number of hydrogen-bond acceptors (Lipinski definition) is 5. The van der Waals surface area contributed by atoms with Gasteiger partial charge in [-0.2, -0.15) is 0 Å². The molecule has 0 aliphatic carbocycles. The maximum absolute atomic E-state index is 8.49. The SMILES string of the molecule is [O-][Cl+3]([O-])([O-])[O-].c1ccc2c(-c3c[s+]cs3)cccc2c1. The zero-order valence-corrected chi connectivity index (χ0v) is 12.4. The molecule has 0 amide bonds. The van der Waals surface area contributed by atoms with Gasteiger partial charge in [0.05, 0.1) is 22.7 Å². The summed E-state index contributed by atoms with van der Waals surface area (Å²) in [4.78, 5) is 1.36. The van der Waals surface area contributed by atoms with Crippen molar-refractivity contribution in [1.29, 1.82) is 0 Å². The lowest BCUT2D eigenvalue weighted by atomic mass is 10.0. The molecule has 7 heteroatoms. The van der Waals surface area contributed by atoms with Gasteiger partial charge >= 0.3 is 0 Å². The van der Waals surface area contributed by atoms with Gasteiger partial charge in [0, 0.05) is 5.56 Å². The van der Waals surface area contributed by atoms with Crippen LogP contribution < -0.4 is 18.6 Å². The Morgan fingerprint density at radius 2 is 1.55 bits per heavy atom. The second kappa shape index (κ2) is 6.55. The summed E-state index contributed by atoms with van der Waals surface area (Å²) in [6.07, 6.45) is 0. The predicted molar refractivity (Wildman–Crippen MR) is 69.5 cm³/mol. The van der Waals surface area contributed by atoms with Crippen molar-refractivity contribution < 1.29 is 28.9 Å². The summed E-state index contributed by atoms with van der Waals surface area (Å²) in [7, 11) is -4.94. The lowest BCUT2D eigenvalue weighted by Gasteiger charge is -2.17. The molecule has 1 heterocycles. The minimum atomic E-state index is -4.94. The van der Waals surface area contributed by atoms with Gasteiger partial charge in [-0.1, -0.05) is 42.5 Å². The Morgan fingerprint density at radius 3 is 2.20 bits per heavy atom. The minimum absolute atomic E-state index is 1.31. The summed E-state index contributed by atoms with van der Waals surface area (Å²) in [5.74, 6) is 0. The molecule has 0 unspecified atom stereocenters. The topological polar surface area (TPSA) is 92.2 Å². The Balaban J connectivity index is 0.000000257. The number of benzene rings is 2. The second-order valence-electron chi connectivity index (χ2n) is 3.74. The number of rotatable bonds is 1. The molecule has 0 saturated heterocycles. The molecule has 4 nitrogen and oxygen atoms in total. The van der Waals surface area contributed by atoms with Gasteiger partial charge in [0.25, 0.3) is 0 Å². The van der Waals surface area contributed by atoms with E-state index in [9.17, 15) is 0 Å². The van der Waals surface area contributed by atoms with Crippen molar-refractivity contribution in [2.24, 2.45) is 0 Å². The first-order valence-corrected chi connectivity index (χ1v) is 8.45. The highest BCUT2D eigenvalue weighted by molar-refractivity contribution is 7.29. The van der Waals surface area contributed by atoms with E-state index in [1.54, 1.807) is 11.3 Å². The van der Waals surface area contributed by atoms with Crippen LogP contribution in [0.1, 0.15) is 0 Å². The van der Waals surface area contributed by atoms with Crippen molar-refractivity contribution in [3.8, 4) is 10.4 Å². The largest absolute Gasteiger partial charge is 0.243 e. The lowest BCUT2D eigenvalue weighted by molar-refractivity contribution is -2.00. The Bertz CT molecular complexity index is 669. The van der Waals surface area contributed by atoms with Gasteiger partial charge in [0.2, 0.25) is 4.69 Å². The first kappa shape index (κ1) is 15.3. The highest BCUT2D eigenvalue weighted by Gasteiger charge is 2.09. The summed E-state index contributed by atoms with van der Waals surface area (Å²) >= 11 is 3.57. The second-order valence-corrected chi connectivity index (χ2v) is 6.45. The van der Waals surface area contributed by atoms with Gasteiger partial charge in [0.1, 0.15) is 5.38 Å². The Hall–Kier alpha value is -1.12. The normalized spacial score (nSPS) is 11.0. The van der Waals surface area contributed by atoms with Crippen LogP contribution in [0.5, 0.6) is 0 Å². The van der Waals surface area contributed by atoms with Crippen LogP contribution in [0.3, 0.4) is 0 Å². The van der Waals surface area contributed by atoms with Crippen LogP contribution in [-0.4, -0.2) is 0 Å². The van der Waals surface area contributed by atoms with E-state index in [2.05, 4.69) is 52.5 Å². The molecule has 1 aromatic heterocycles. The molecule has 0 aliphatic heterocycles. The molecule has 0 saturated carbocycles. The quantitative estimate of drug-likeness (QED) is 0.595. The molecule has 0 spiro atoms. The maximum atomic E-state index is 8.49. The third kappa shape index (κ3) is 4.46. The van der Waals surface area contributed by atoms with Crippen LogP contribution in [-0.2, 0) is 0 Å². The predicted octanol–water partition coefficient (Wildman–Crippen LogP) is 0.155. The molecule has 0 aliphatic rings. The molecule has 0 atom stereocenters. The molecular formula is C13H9ClO4S2. The average molecular weight is 329 g/mol. The van der Waals surface area contributed by atoms with Crippen LogP contribution in [0, 0.1) is 10.2 Å². The van der Waals surface area contributed by atoms with Gasteiger partial charge in [-0.15, -0.1) is 10.2 Å². The standard InChI is InChI=1S/C13H9S2.ClHO4/c1-2-6-11-10(4-1)5-3-7-12(11)13-8-14-9-15-13;2-1(3,4)5/h1-9H;(H,2,3,4,5)/q+1;/p-1. The van der Waals surface area contributed by atoms with Crippen molar-refractivity contribution in [2.45, 2.75) is 0 Å². The molecule has 0 fully saturated rings. The van der Waals surface area contributed by atoms with Crippen molar-refractivity contribution >= 4 is 33.4 Å². The zero-order chi connectivity index (χ0) is 14.6. The fourth-order valence-electron chi connectivity index (χ4n) is 1.76. The van der Waals surface area contributed by atoms with Gasteiger partial charge in [-0.25, -0.2) is 18.6 Å². The smallest absolute Gasteiger partial charge is 0.222 e. The van der Waals surface area contributed by atoms with Crippen LogP contribution in [0.15, 0.2) is 52.5 Å². The lowest BCUT2D eigenvalue weighted by Crippen LogP contribution is -2.68. The first-order valence-electron chi connectivity index (χ1n) is 5.39. The van der Waals surface area contributed by atoms with Crippen LogP contribution in [0.4, 0.5) is 0 Å². The summed E-state index contributed by atoms with van der Waals surface area (Å²) in [6, 6.07) is 15.0. The van der Waals surface area contributed by atoms with E-state index in [1.165, 1.54) is 21.2 Å². The Morgan fingerprint density at radius 1 is 0.900 bits per heavy atom. The van der Waals surface area contributed by atoms with Crippen molar-refractivity contribution in [3.63, 3.8) is 0 Å². The van der Waals surface area contributed by atoms with Gasteiger partial charge < -0.3 is 0 Å². The molecule has 0 bridgehead atoms. The molecular weight excluding hydrogens is 320 g/mol. The molecule has 2 aromatic carbocycles. The number of fused-ring (bicyclic) bond motifs is 1.